The summed E-state index contributed by atoms with van der Waals surface area (Å²) in [5, 5.41) is 2.45. The van der Waals surface area contributed by atoms with Crippen LogP contribution in [0.2, 0.25) is 0 Å². The Morgan fingerprint density at radius 2 is 1.73 bits per heavy atom. The van der Waals surface area contributed by atoms with Crippen molar-refractivity contribution in [2.45, 2.75) is 38.1 Å². The van der Waals surface area contributed by atoms with Gasteiger partial charge in [0, 0.05) is 35.7 Å². The van der Waals surface area contributed by atoms with Crippen LogP contribution in [0.15, 0.2) is 58.5 Å². The highest BCUT2D eigenvalue weighted by Crippen LogP contribution is 2.48. The van der Waals surface area contributed by atoms with E-state index in [1.165, 1.54) is 38.6 Å². The zero-order valence-electron chi connectivity index (χ0n) is 18.1. The van der Waals surface area contributed by atoms with Crippen LogP contribution < -0.4 is 18.9 Å². The summed E-state index contributed by atoms with van der Waals surface area (Å²) in [6, 6.07) is 17.0. The lowest BCUT2D eigenvalue weighted by Gasteiger charge is -2.20. The molecule has 0 saturated heterocycles. The van der Waals surface area contributed by atoms with Gasteiger partial charge in [-0.05, 0) is 43.7 Å². The summed E-state index contributed by atoms with van der Waals surface area (Å²) in [7, 11) is 3.44. The second-order valence-corrected chi connectivity index (χ2v) is 8.41. The van der Waals surface area contributed by atoms with Gasteiger partial charge < -0.3 is 14.4 Å². The van der Waals surface area contributed by atoms with Crippen LogP contribution >= 0.6 is 11.8 Å². The van der Waals surface area contributed by atoms with Gasteiger partial charge in [-0.25, -0.2) is 0 Å². The third-order valence-electron chi connectivity index (χ3n) is 5.53. The number of anilines is 1. The summed E-state index contributed by atoms with van der Waals surface area (Å²) >= 11 is 1.84. The lowest BCUT2D eigenvalue weighted by molar-refractivity contribution is -0.669. The SMILES string of the molecule is CCCCN1/C(=C/c2ccc3cc(OC)ccc3[n+]2CC)Sc2ccc(OC)cc21. The summed E-state index contributed by atoms with van der Waals surface area (Å²) in [6.45, 7) is 6.35. The minimum atomic E-state index is 0.887. The Morgan fingerprint density at radius 3 is 2.47 bits per heavy atom. The number of hydrogen-bond acceptors (Lipinski definition) is 4. The van der Waals surface area contributed by atoms with Gasteiger partial charge in [-0.15, -0.1) is 0 Å². The molecule has 0 amide bonds. The van der Waals surface area contributed by atoms with Crippen molar-refractivity contribution in [2.24, 2.45) is 0 Å². The van der Waals surface area contributed by atoms with Crippen LogP contribution in [0.3, 0.4) is 0 Å². The summed E-state index contributed by atoms with van der Waals surface area (Å²) in [5.74, 6) is 1.79. The Balaban J connectivity index is 1.78. The van der Waals surface area contributed by atoms with Crippen molar-refractivity contribution >= 4 is 34.4 Å². The van der Waals surface area contributed by atoms with Crippen LogP contribution in [0.5, 0.6) is 11.5 Å². The van der Waals surface area contributed by atoms with Crippen molar-refractivity contribution in [2.75, 3.05) is 25.7 Å². The number of fused-ring (bicyclic) bond motifs is 2. The van der Waals surface area contributed by atoms with Crippen molar-refractivity contribution in [1.29, 1.82) is 0 Å². The van der Waals surface area contributed by atoms with E-state index in [9.17, 15) is 0 Å². The van der Waals surface area contributed by atoms with E-state index in [0.717, 1.165) is 31.0 Å². The molecule has 2 aromatic carbocycles. The Morgan fingerprint density at radius 1 is 0.967 bits per heavy atom. The fourth-order valence-electron chi connectivity index (χ4n) is 3.91. The number of benzene rings is 2. The van der Waals surface area contributed by atoms with Gasteiger partial charge in [-0.3, -0.25) is 0 Å². The number of rotatable bonds is 7. The highest BCUT2D eigenvalue weighted by molar-refractivity contribution is 8.03. The summed E-state index contributed by atoms with van der Waals surface area (Å²) in [5.41, 5.74) is 3.67. The first-order chi connectivity index (χ1) is 14.7. The van der Waals surface area contributed by atoms with E-state index in [1.807, 2.05) is 23.9 Å². The predicted molar refractivity (Wildman–Crippen MR) is 125 cm³/mol. The van der Waals surface area contributed by atoms with E-state index in [1.54, 1.807) is 14.2 Å². The minimum Gasteiger partial charge on any atom is -0.497 e. The lowest BCUT2D eigenvalue weighted by Crippen LogP contribution is -2.37. The molecule has 156 valence electrons. The molecule has 1 aromatic heterocycles. The van der Waals surface area contributed by atoms with Crippen molar-refractivity contribution in [3.05, 3.63) is 59.3 Å². The molecule has 1 aliphatic rings. The maximum absolute atomic E-state index is 5.48. The molecule has 0 aliphatic carbocycles. The predicted octanol–water partition coefficient (Wildman–Crippen LogP) is 5.88. The normalized spacial score (nSPS) is 14.4. The van der Waals surface area contributed by atoms with Gasteiger partial charge in [-0.2, -0.15) is 4.57 Å². The molecule has 2 heterocycles. The molecule has 30 heavy (non-hydrogen) atoms. The van der Waals surface area contributed by atoms with Crippen molar-refractivity contribution in [1.82, 2.24) is 0 Å². The number of unbranched alkanes of at least 4 members (excludes halogenated alkanes) is 1. The molecule has 0 atom stereocenters. The molecule has 4 rings (SSSR count). The number of pyridine rings is 1. The topological polar surface area (TPSA) is 25.6 Å². The van der Waals surface area contributed by atoms with Gasteiger partial charge in [0.15, 0.2) is 0 Å². The van der Waals surface area contributed by atoms with Crippen molar-refractivity contribution in [3.63, 3.8) is 0 Å². The highest BCUT2D eigenvalue weighted by Gasteiger charge is 2.27. The van der Waals surface area contributed by atoms with E-state index in [2.05, 4.69) is 65.8 Å². The number of aromatic nitrogens is 1. The van der Waals surface area contributed by atoms with Gasteiger partial charge in [0.1, 0.15) is 18.0 Å². The number of thioether (sulfide) groups is 1. The number of aryl methyl sites for hydroxylation is 1. The van der Waals surface area contributed by atoms with Gasteiger partial charge >= 0.3 is 0 Å². The maximum atomic E-state index is 5.48. The van der Waals surface area contributed by atoms with E-state index in [-0.39, 0.29) is 0 Å². The molecular weight excluding hydrogens is 392 g/mol. The van der Waals surface area contributed by atoms with Crippen LogP contribution in [0.25, 0.3) is 17.0 Å². The van der Waals surface area contributed by atoms with Crippen LogP contribution in [0.1, 0.15) is 32.4 Å². The molecule has 3 aromatic rings. The average molecular weight is 422 g/mol. The molecule has 5 heteroatoms. The molecule has 0 saturated carbocycles. The molecule has 0 fully saturated rings. The number of hydrogen-bond donors (Lipinski definition) is 0. The number of methoxy groups -OCH3 is 2. The first kappa shape index (κ1) is 20.6. The third kappa shape index (κ3) is 3.86. The average Bonchev–Trinajstić information content (AvgIpc) is 3.12. The van der Waals surface area contributed by atoms with Gasteiger partial charge in [0.25, 0.3) is 0 Å². The fraction of sp³-hybridized carbons (Fsp3) is 0.320. The summed E-state index contributed by atoms with van der Waals surface area (Å²) in [4.78, 5) is 3.72. The Hall–Kier alpha value is -2.66. The maximum Gasteiger partial charge on any atom is 0.213 e. The second kappa shape index (κ2) is 9.00. The minimum absolute atomic E-state index is 0.887. The standard InChI is InChI=1S/C25H29N2O2S/c1-5-7-14-27-23-17-21(29-4)11-13-24(23)30-25(27)16-19-9-8-18-15-20(28-3)10-12-22(18)26(19)6-2/h8-13,15-17H,5-7,14H2,1-4H3/q+1. The van der Waals surface area contributed by atoms with Crippen LogP contribution in [0, 0.1) is 0 Å². The zero-order valence-corrected chi connectivity index (χ0v) is 19.0. The van der Waals surface area contributed by atoms with E-state index < -0.39 is 0 Å². The van der Waals surface area contributed by atoms with Crippen LogP contribution in [-0.4, -0.2) is 20.8 Å². The molecule has 0 radical (unpaired) electrons. The molecule has 0 unspecified atom stereocenters. The molecule has 4 nitrogen and oxygen atoms in total. The Labute approximate surface area is 183 Å². The van der Waals surface area contributed by atoms with E-state index in [0.29, 0.717) is 0 Å². The highest BCUT2D eigenvalue weighted by atomic mass is 32.2. The van der Waals surface area contributed by atoms with Crippen LogP contribution in [0.4, 0.5) is 5.69 Å². The first-order valence-corrected chi connectivity index (χ1v) is 11.4. The number of ether oxygens (including phenoxy) is 2. The number of nitrogens with zero attached hydrogens (tertiary/aromatic N) is 2. The molecule has 0 bridgehead atoms. The zero-order chi connectivity index (χ0) is 21.1. The molecular formula is C25H29N2O2S+. The summed E-state index contributed by atoms with van der Waals surface area (Å²) in [6.07, 6.45) is 4.64. The summed E-state index contributed by atoms with van der Waals surface area (Å²) < 4.78 is 13.2. The van der Waals surface area contributed by atoms with Gasteiger partial charge in [0.2, 0.25) is 11.2 Å². The van der Waals surface area contributed by atoms with E-state index >= 15 is 0 Å². The van der Waals surface area contributed by atoms with Gasteiger partial charge in [0.05, 0.1) is 30.3 Å². The van der Waals surface area contributed by atoms with Crippen LogP contribution in [-0.2, 0) is 6.54 Å². The monoisotopic (exact) mass is 421 g/mol. The Kier molecular flexibility index (Phi) is 6.18. The fourth-order valence-corrected chi connectivity index (χ4v) is 5.03. The van der Waals surface area contributed by atoms with Crippen molar-refractivity contribution < 1.29 is 14.0 Å². The smallest absolute Gasteiger partial charge is 0.213 e. The van der Waals surface area contributed by atoms with E-state index in [4.69, 9.17) is 9.47 Å². The third-order valence-corrected chi connectivity index (χ3v) is 6.64. The quantitative estimate of drug-likeness (QED) is 0.445. The van der Waals surface area contributed by atoms with Crippen molar-refractivity contribution in [3.8, 4) is 11.5 Å². The Bertz CT molecular complexity index is 1090. The molecule has 0 spiro atoms. The second-order valence-electron chi connectivity index (χ2n) is 7.35. The first-order valence-electron chi connectivity index (χ1n) is 10.5. The molecule has 1 aliphatic heterocycles. The molecule has 0 N–H and O–H groups in total. The lowest BCUT2D eigenvalue weighted by atomic mass is 10.1. The van der Waals surface area contributed by atoms with Gasteiger partial charge in [-0.1, -0.05) is 25.1 Å². The largest absolute Gasteiger partial charge is 0.497 e.